The standard InChI is InChI=1S/C12H25NO/c1-10(2)9-11(14)12(13(3)4)7-5-6-8-12/h10-11,14H,5-9H2,1-4H3. The van der Waals surface area contributed by atoms with Crippen LogP contribution in [0.15, 0.2) is 0 Å². The monoisotopic (exact) mass is 199 g/mol. The fraction of sp³-hybridized carbons (Fsp3) is 1.00. The molecule has 2 nitrogen and oxygen atoms in total. The molecule has 1 aliphatic rings. The average Bonchev–Trinajstić information content (AvgIpc) is 2.51. The van der Waals surface area contributed by atoms with Crippen LogP contribution in [0.1, 0.15) is 46.0 Å². The summed E-state index contributed by atoms with van der Waals surface area (Å²) in [5.74, 6) is 0.586. The highest BCUT2D eigenvalue weighted by Gasteiger charge is 2.42. The Bertz CT molecular complexity index is 171. The van der Waals surface area contributed by atoms with E-state index in [0.29, 0.717) is 5.92 Å². The lowest BCUT2D eigenvalue weighted by Crippen LogP contribution is -2.51. The maximum atomic E-state index is 10.3. The lowest BCUT2D eigenvalue weighted by atomic mass is 9.84. The van der Waals surface area contributed by atoms with Gasteiger partial charge in [-0.15, -0.1) is 0 Å². The minimum absolute atomic E-state index is 0.0737. The molecule has 2 heteroatoms. The van der Waals surface area contributed by atoms with Crippen molar-refractivity contribution in [1.82, 2.24) is 4.90 Å². The largest absolute Gasteiger partial charge is 0.391 e. The van der Waals surface area contributed by atoms with Crippen LogP contribution in [0.25, 0.3) is 0 Å². The van der Waals surface area contributed by atoms with E-state index in [1.54, 1.807) is 0 Å². The second kappa shape index (κ2) is 4.63. The minimum Gasteiger partial charge on any atom is -0.391 e. The Morgan fingerprint density at radius 3 is 2.07 bits per heavy atom. The molecule has 14 heavy (non-hydrogen) atoms. The van der Waals surface area contributed by atoms with E-state index in [4.69, 9.17) is 0 Å². The molecule has 0 heterocycles. The molecule has 1 saturated carbocycles. The first kappa shape index (κ1) is 12.0. The molecule has 0 saturated heterocycles. The van der Waals surface area contributed by atoms with Gasteiger partial charge >= 0.3 is 0 Å². The van der Waals surface area contributed by atoms with Gasteiger partial charge in [0.1, 0.15) is 0 Å². The molecular weight excluding hydrogens is 174 g/mol. The summed E-state index contributed by atoms with van der Waals surface area (Å²) < 4.78 is 0. The molecule has 0 aromatic rings. The highest BCUT2D eigenvalue weighted by molar-refractivity contribution is 4.98. The van der Waals surface area contributed by atoms with Crippen LogP contribution < -0.4 is 0 Å². The molecule has 1 unspecified atom stereocenters. The third-order valence-corrected chi connectivity index (χ3v) is 3.67. The maximum absolute atomic E-state index is 10.3. The zero-order chi connectivity index (χ0) is 10.8. The van der Waals surface area contributed by atoms with Crippen molar-refractivity contribution in [3.05, 3.63) is 0 Å². The van der Waals surface area contributed by atoms with Crippen LogP contribution in [-0.4, -0.2) is 35.7 Å². The summed E-state index contributed by atoms with van der Waals surface area (Å²) in [6.07, 6.45) is 5.64. The summed E-state index contributed by atoms with van der Waals surface area (Å²) in [7, 11) is 4.21. The second-order valence-corrected chi connectivity index (χ2v) is 5.35. The van der Waals surface area contributed by atoms with E-state index in [9.17, 15) is 5.11 Å². The van der Waals surface area contributed by atoms with Gasteiger partial charge in [0.25, 0.3) is 0 Å². The summed E-state index contributed by atoms with van der Waals surface area (Å²) in [5, 5.41) is 10.3. The Labute approximate surface area is 88.3 Å². The second-order valence-electron chi connectivity index (χ2n) is 5.35. The number of aliphatic hydroxyl groups is 1. The number of likely N-dealkylation sites (N-methyl/N-ethyl adjacent to an activating group) is 1. The van der Waals surface area contributed by atoms with Crippen molar-refractivity contribution in [2.24, 2.45) is 5.92 Å². The summed E-state index contributed by atoms with van der Waals surface area (Å²) in [4.78, 5) is 2.24. The summed E-state index contributed by atoms with van der Waals surface area (Å²) in [5.41, 5.74) is 0.0737. The van der Waals surface area contributed by atoms with Gasteiger partial charge in [0.15, 0.2) is 0 Å². The van der Waals surface area contributed by atoms with Crippen molar-refractivity contribution < 1.29 is 5.11 Å². The summed E-state index contributed by atoms with van der Waals surface area (Å²) >= 11 is 0. The van der Waals surface area contributed by atoms with Crippen molar-refractivity contribution in [2.45, 2.75) is 57.6 Å². The number of nitrogens with zero attached hydrogens (tertiary/aromatic N) is 1. The SMILES string of the molecule is CC(C)CC(O)C1(N(C)C)CCCC1. The molecule has 0 spiro atoms. The van der Waals surface area contributed by atoms with Crippen molar-refractivity contribution in [1.29, 1.82) is 0 Å². The van der Waals surface area contributed by atoms with Crippen LogP contribution in [0.5, 0.6) is 0 Å². The molecule has 0 aromatic heterocycles. The molecule has 0 aromatic carbocycles. The molecule has 0 amide bonds. The maximum Gasteiger partial charge on any atom is 0.0726 e. The Kier molecular flexibility index (Phi) is 3.96. The van der Waals surface area contributed by atoms with E-state index in [0.717, 1.165) is 19.3 Å². The molecule has 0 bridgehead atoms. The van der Waals surface area contributed by atoms with Crippen LogP contribution in [0.3, 0.4) is 0 Å². The summed E-state index contributed by atoms with van der Waals surface area (Å²) in [6, 6.07) is 0. The van der Waals surface area contributed by atoms with E-state index in [1.165, 1.54) is 12.8 Å². The van der Waals surface area contributed by atoms with E-state index in [2.05, 4.69) is 32.8 Å². The van der Waals surface area contributed by atoms with Gasteiger partial charge in [0.05, 0.1) is 6.10 Å². The lowest BCUT2D eigenvalue weighted by Gasteiger charge is -2.41. The van der Waals surface area contributed by atoms with Crippen LogP contribution in [0.2, 0.25) is 0 Å². The molecular formula is C12H25NO. The predicted molar refractivity (Wildman–Crippen MR) is 60.3 cm³/mol. The van der Waals surface area contributed by atoms with E-state index in [1.807, 2.05) is 0 Å². The van der Waals surface area contributed by atoms with Crippen LogP contribution in [0.4, 0.5) is 0 Å². The van der Waals surface area contributed by atoms with Gasteiger partial charge in [-0.1, -0.05) is 26.7 Å². The molecule has 0 radical (unpaired) electrons. The first-order chi connectivity index (χ1) is 6.49. The van der Waals surface area contributed by atoms with E-state index in [-0.39, 0.29) is 11.6 Å². The number of aliphatic hydroxyl groups excluding tert-OH is 1. The molecule has 0 aliphatic heterocycles. The zero-order valence-electron chi connectivity index (χ0n) is 10.1. The van der Waals surface area contributed by atoms with Crippen molar-refractivity contribution in [2.75, 3.05) is 14.1 Å². The van der Waals surface area contributed by atoms with Crippen LogP contribution >= 0.6 is 0 Å². The van der Waals surface area contributed by atoms with E-state index < -0.39 is 0 Å². The topological polar surface area (TPSA) is 23.5 Å². The first-order valence-corrected chi connectivity index (χ1v) is 5.84. The van der Waals surface area contributed by atoms with Crippen LogP contribution in [0, 0.1) is 5.92 Å². The van der Waals surface area contributed by atoms with Gasteiger partial charge in [-0.25, -0.2) is 0 Å². The summed E-state index contributed by atoms with van der Waals surface area (Å²) in [6.45, 7) is 4.36. The van der Waals surface area contributed by atoms with E-state index >= 15 is 0 Å². The molecule has 1 fully saturated rings. The Morgan fingerprint density at radius 2 is 1.71 bits per heavy atom. The number of rotatable bonds is 4. The quantitative estimate of drug-likeness (QED) is 0.751. The Balaban J connectivity index is 2.67. The normalized spacial score (nSPS) is 23.4. The van der Waals surface area contributed by atoms with Crippen molar-refractivity contribution in [3.63, 3.8) is 0 Å². The highest BCUT2D eigenvalue weighted by Crippen LogP contribution is 2.38. The van der Waals surface area contributed by atoms with Gasteiger partial charge in [0, 0.05) is 5.54 Å². The van der Waals surface area contributed by atoms with Crippen molar-refractivity contribution >= 4 is 0 Å². The van der Waals surface area contributed by atoms with Gasteiger partial charge in [-0.05, 0) is 39.3 Å². The zero-order valence-corrected chi connectivity index (χ0v) is 10.1. The fourth-order valence-electron chi connectivity index (χ4n) is 2.73. The Hall–Kier alpha value is -0.0800. The third kappa shape index (κ3) is 2.29. The van der Waals surface area contributed by atoms with Crippen molar-refractivity contribution in [3.8, 4) is 0 Å². The van der Waals surface area contributed by atoms with Gasteiger partial charge in [0.2, 0.25) is 0 Å². The predicted octanol–water partition coefficient (Wildman–Crippen LogP) is 2.27. The Morgan fingerprint density at radius 1 is 1.21 bits per heavy atom. The highest BCUT2D eigenvalue weighted by atomic mass is 16.3. The van der Waals surface area contributed by atoms with Gasteiger partial charge in [-0.3, -0.25) is 0 Å². The smallest absolute Gasteiger partial charge is 0.0726 e. The lowest BCUT2D eigenvalue weighted by molar-refractivity contribution is -0.0144. The average molecular weight is 199 g/mol. The van der Waals surface area contributed by atoms with Gasteiger partial charge < -0.3 is 10.0 Å². The number of hydrogen-bond donors (Lipinski definition) is 1. The first-order valence-electron chi connectivity index (χ1n) is 5.84. The molecule has 84 valence electrons. The van der Waals surface area contributed by atoms with Crippen LogP contribution in [-0.2, 0) is 0 Å². The molecule has 1 aliphatic carbocycles. The molecule has 1 N–H and O–H groups in total. The van der Waals surface area contributed by atoms with Gasteiger partial charge in [-0.2, -0.15) is 0 Å². The fourth-order valence-corrected chi connectivity index (χ4v) is 2.73. The minimum atomic E-state index is -0.153. The molecule has 1 atom stereocenters. The number of hydrogen-bond acceptors (Lipinski definition) is 2. The third-order valence-electron chi connectivity index (χ3n) is 3.67. The molecule has 1 rings (SSSR count).